The number of rotatable bonds is 5. The van der Waals surface area contributed by atoms with Gasteiger partial charge in [0.2, 0.25) is 0 Å². The molecule has 1 aromatic carbocycles. The van der Waals surface area contributed by atoms with E-state index >= 15 is 0 Å². The van der Waals surface area contributed by atoms with Crippen LogP contribution in [0.2, 0.25) is 0 Å². The Morgan fingerprint density at radius 3 is 2.41 bits per heavy atom. The van der Waals surface area contributed by atoms with E-state index in [1.807, 2.05) is 16.8 Å². The molecule has 0 bridgehead atoms. The molecule has 0 amide bonds. The Hall–Kier alpha value is -2.52. The summed E-state index contributed by atoms with van der Waals surface area (Å²) in [4.78, 5) is 12.9. The number of nitrogens with zero attached hydrogens (tertiary/aromatic N) is 6. The van der Waals surface area contributed by atoms with Crippen molar-refractivity contribution in [2.24, 2.45) is 0 Å². The van der Waals surface area contributed by atoms with Crippen LogP contribution in [0.3, 0.4) is 0 Å². The number of hydrogen-bond acceptors (Lipinski definition) is 7. The molecule has 142 valence electrons. The third kappa shape index (κ3) is 4.09. The van der Waals surface area contributed by atoms with E-state index in [0.29, 0.717) is 6.54 Å². The Morgan fingerprint density at radius 1 is 1.00 bits per heavy atom. The lowest BCUT2D eigenvalue weighted by atomic mass is 10.2. The predicted molar refractivity (Wildman–Crippen MR) is 105 cm³/mol. The van der Waals surface area contributed by atoms with Crippen molar-refractivity contribution in [3.8, 4) is 5.69 Å². The summed E-state index contributed by atoms with van der Waals surface area (Å²) in [5.41, 5.74) is 2.91. The van der Waals surface area contributed by atoms with Crippen LogP contribution in [0.15, 0.2) is 43.0 Å². The molecule has 9 heteroatoms. The van der Waals surface area contributed by atoms with Crippen LogP contribution >= 0.6 is 0 Å². The summed E-state index contributed by atoms with van der Waals surface area (Å²) >= 11 is 0. The number of aromatic nitrogens is 4. The van der Waals surface area contributed by atoms with Crippen molar-refractivity contribution in [3.05, 3.63) is 43.0 Å². The number of hydrogen-bond donors (Lipinski definition) is 0. The van der Waals surface area contributed by atoms with Crippen molar-refractivity contribution in [1.82, 2.24) is 24.6 Å². The first kappa shape index (κ1) is 17.9. The van der Waals surface area contributed by atoms with Gasteiger partial charge in [0.05, 0.1) is 23.0 Å². The van der Waals surface area contributed by atoms with Crippen LogP contribution in [0.4, 0.5) is 5.69 Å². The van der Waals surface area contributed by atoms with Crippen molar-refractivity contribution < 1.29 is 8.42 Å². The fourth-order valence-electron chi connectivity index (χ4n) is 3.29. The third-order valence-corrected chi connectivity index (χ3v) is 5.77. The molecule has 27 heavy (non-hydrogen) atoms. The summed E-state index contributed by atoms with van der Waals surface area (Å²) in [5, 5.41) is 5.31. The molecule has 4 rings (SSSR count). The van der Waals surface area contributed by atoms with Gasteiger partial charge in [0, 0.05) is 50.9 Å². The van der Waals surface area contributed by atoms with Crippen molar-refractivity contribution in [1.29, 1.82) is 0 Å². The van der Waals surface area contributed by atoms with Gasteiger partial charge in [-0.15, -0.1) is 0 Å². The average molecular weight is 386 g/mol. The molecule has 8 nitrogen and oxygen atoms in total. The molecule has 1 aliphatic rings. The quantitative estimate of drug-likeness (QED) is 0.646. The van der Waals surface area contributed by atoms with Crippen LogP contribution in [0.5, 0.6) is 0 Å². The molecule has 0 N–H and O–H groups in total. The van der Waals surface area contributed by atoms with Crippen LogP contribution in [-0.2, 0) is 9.84 Å². The minimum absolute atomic E-state index is 0.225. The van der Waals surface area contributed by atoms with Crippen LogP contribution < -0.4 is 4.90 Å². The zero-order valence-electron chi connectivity index (χ0n) is 15.2. The molecule has 1 fully saturated rings. The standard InChI is InChI=1S/C18H22N6O2S/c1-27(25,26)11-10-22-6-8-23(9-7-22)16-2-4-17(5-3-16)24-18-15(13-21-24)12-19-14-20-18/h2-5,12-14H,6-11H2,1H3. The Balaban J connectivity index is 1.41. The maximum absolute atomic E-state index is 11.3. The molecule has 0 saturated carbocycles. The molecule has 0 radical (unpaired) electrons. The van der Waals surface area contributed by atoms with E-state index < -0.39 is 9.84 Å². The second kappa shape index (κ2) is 7.24. The minimum atomic E-state index is -2.90. The van der Waals surface area contributed by atoms with E-state index in [9.17, 15) is 8.42 Å². The Labute approximate surface area is 158 Å². The largest absolute Gasteiger partial charge is 0.369 e. The first-order chi connectivity index (χ1) is 13.0. The number of benzene rings is 1. The van der Waals surface area contributed by atoms with E-state index in [1.165, 1.54) is 12.6 Å². The summed E-state index contributed by atoms with van der Waals surface area (Å²) in [5.74, 6) is 0.225. The smallest absolute Gasteiger partial charge is 0.166 e. The van der Waals surface area contributed by atoms with Crippen LogP contribution in [0.1, 0.15) is 0 Å². The fourth-order valence-corrected chi connectivity index (χ4v) is 3.88. The first-order valence-corrected chi connectivity index (χ1v) is 10.9. The first-order valence-electron chi connectivity index (χ1n) is 8.89. The van der Waals surface area contributed by atoms with E-state index in [0.717, 1.165) is 48.6 Å². The number of fused-ring (bicyclic) bond motifs is 1. The van der Waals surface area contributed by atoms with Gasteiger partial charge in [0.15, 0.2) is 5.65 Å². The predicted octanol–water partition coefficient (Wildman–Crippen LogP) is 0.982. The van der Waals surface area contributed by atoms with Crippen molar-refractivity contribution in [2.45, 2.75) is 0 Å². The molecule has 3 aromatic rings. The lowest BCUT2D eigenvalue weighted by Gasteiger charge is -2.36. The lowest BCUT2D eigenvalue weighted by Crippen LogP contribution is -2.47. The van der Waals surface area contributed by atoms with E-state index in [4.69, 9.17) is 0 Å². The Kier molecular flexibility index (Phi) is 4.79. The monoisotopic (exact) mass is 386 g/mol. The van der Waals surface area contributed by atoms with Gasteiger partial charge in [0.25, 0.3) is 0 Å². The van der Waals surface area contributed by atoms with Gasteiger partial charge < -0.3 is 4.90 Å². The normalized spacial score (nSPS) is 16.1. The van der Waals surface area contributed by atoms with Crippen LogP contribution in [-0.4, -0.2) is 77.8 Å². The number of sulfone groups is 1. The SMILES string of the molecule is CS(=O)(=O)CCN1CCN(c2ccc(-n3ncc4cncnc43)cc2)CC1. The number of anilines is 1. The van der Waals surface area contributed by atoms with Crippen molar-refractivity contribution >= 4 is 26.6 Å². The maximum Gasteiger partial charge on any atom is 0.166 e. The summed E-state index contributed by atoms with van der Waals surface area (Å²) < 4.78 is 24.4. The molecule has 0 unspecified atom stereocenters. The lowest BCUT2D eigenvalue weighted by molar-refractivity contribution is 0.272. The van der Waals surface area contributed by atoms with Gasteiger partial charge >= 0.3 is 0 Å². The summed E-state index contributed by atoms with van der Waals surface area (Å²) in [6.07, 6.45) is 6.33. The second-order valence-electron chi connectivity index (χ2n) is 6.83. The number of piperazine rings is 1. The van der Waals surface area contributed by atoms with Gasteiger partial charge in [-0.05, 0) is 24.3 Å². The fraction of sp³-hybridized carbons (Fsp3) is 0.389. The summed E-state index contributed by atoms with van der Waals surface area (Å²) in [6.45, 7) is 4.14. The minimum Gasteiger partial charge on any atom is -0.369 e. The molecule has 3 heterocycles. The maximum atomic E-state index is 11.3. The van der Waals surface area contributed by atoms with Crippen molar-refractivity contribution in [2.75, 3.05) is 49.6 Å². The molecule has 1 aliphatic heterocycles. The molecular formula is C18H22N6O2S. The Morgan fingerprint density at radius 2 is 1.70 bits per heavy atom. The van der Waals surface area contributed by atoms with Gasteiger partial charge in [-0.1, -0.05) is 0 Å². The summed E-state index contributed by atoms with van der Waals surface area (Å²) in [7, 11) is -2.90. The summed E-state index contributed by atoms with van der Waals surface area (Å²) in [6, 6.07) is 8.27. The topological polar surface area (TPSA) is 84.2 Å². The average Bonchev–Trinajstić information content (AvgIpc) is 3.11. The van der Waals surface area contributed by atoms with Gasteiger partial charge in [-0.25, -0.2) is 23.1 Å². The molecule has 1 saturated heterocycles. The molecule has 0 atom stereocenters. The molecule has 2 aromatic heterocycles. The highest BCUT2D eigenvalue weighted by molar-refractivity contribution is 7.90. The van der Waals surface area contributed by atoms with Gasteiger partial charge in [-0.3, -0.25) is 4.90 Å². The highest BCUT2D eigenvalue weighted by atomic mass is 32.2. The van der Waals surface area contributed by atoms with Gasteiger partial charge in [0.1, 0.15) is 16.2 Å². The molecule has 0 aliphatic carbocycles. The highest BCUT2D eigenvalue weighted by Gasteiger charge is 2.18. The second-order valence-corrected chi connectivity index (χ2v) is 9.09. The van der Waals surface area contributed by atoms with E-state index in [2.05, 4.69) is 37.0 Å². The van der Waals surface area contributed by atoms with E-state index in [-0.39, 0.29) is 5.75 Å². The molecular weight excluding hydrogens is 364 g/mol. The zero-order valence-corrected chi connectivity index (χ0v) is 16.0. The Bertz CT molecular complexity index is 1020. The van der Waals surface area contributed by atoms with Crippen molar-refractivity contribution in [3.63, 3.8) is 0 Å². The van der Waals surface area contributed by atoms with Gasteiger partial charge in [-0.2, -0.15) is 5.10 Å². The van der Waals surface area contributed by atoms with Crippen LogP contribution in [0.25, 0.3) is 16.7 Å². The van der Waals surface area contributed by atoms with Crippen LogP contribution in [0, 0.1) is 0 Å². The van der Waals surface area contributed by atoms with E-state index in [1.54, 1.807) is 12.4 Å². The zero-order chi connectivity index (χ0) is 18.9. The highest BCUT2D eigenvalue weighted by Crippen LogP contribution is 2.21. The third-order valence-electron chi connectivity index (χ3n) is 4.84. The molecule has 0 spiro atoms.